The lowest BCUT2D eigenvalue weighted by Crippen LogP contribution is -2.34. The molecule has 0 saturated carbocycles. The molecule has 0 atom stereocenters. The van der Waals surface area contributed by atoms with Gasteiger partial charge in [-0.2, -0.15) is 5.09 Å². The molecule has 1 N–H and O–H groups in total. The van der Waals surface area contributed by atoms with Gasteiger partial charge in [0.1, 0.15) is 18.0 Å². The Kier molecular flexibility index (Phi) is 4.52. The molecule has 0 aliphatic carbocycles. The van der Waals surface area contributed by atoms with Crippen LogP contribution in [0.4, 0.5) is 0 Å². The highest BCUT2D eigenvalue weighted by Crippen LogP contribution is 2.51. The van der Waals surface area contributed by atoms with Crippen LogP contribution in [0.3, 0.4) is 0 Å². The van der Waals surface area contributed by atoms with E-state index in [2.05, 4.69) is 79.6 Å². The molecule has 18 heavy (non-hydrogen) atoms. The van der Waals surface area contributed by atoms with Crippen molar-refractivity contribution < 1.29 is 0 Å². The molecular formula is C16H21NP+. The predicted octanol–water partition coefficient (Wildman–Crippen LogP) is 3.20. The smallest absolute Gasteiger partial charge is 0.145 e. The Bertz CT molecular complexity index is 427. The number of hydrogen-bond acceptors (Lipinski definition) is 1. The van der Waals surface area contributed by atoms with Crippen LogP contribution in [0.5, 0.6) is 0 Å². The van der Waals surface area contributed by atoms with E-state index in [1.807, 2.05) is 0 Å². The van der Waals surface area contributed by atoms with Gasteiger partial charge >= 0.3 is 0 Å². The summed E-state index contributed by atoms with van der Waals surface area (Å²) in [6, 6.07) is 21.8. The molecule has 2 rings (SSSR count). The van der Waals surface area contributed by atoms with Crippen LogP contribution in [-0.4, -0.2) is 12.7 Å². The SMILES string of the molecule is CCN[P+](CC)(c1ccccc1)c1ccccc1. The highest BCUT2D eigenvalue weighted by molar-refractivity contribution is 7.87. The van der Waals surface area contributed by atoms with Gasteiger partial charge in [-0.05, 0) is 38.1 Å². The van der Waals surface area contributed by atoms with E-state index in [1.54, 1.807) is 0 Å². The monoisotopic (exact) mass is 258 g/mol. The lowest BCUT2D eigenvalue weighted by Gasteiger charge is -2.26. The van der Waals surface area contributed by atoms with Crippen molar-refractivity contribution in [2.75, 3.05) is 12.7 Å². The molecule has 0 bridgehead atoms. The molecule has 0 aliphatic rings. The van der Waals surface area contributed by atoms with E-state index in [0.29, 0.717) is 0 Å². The van der Waals surface area contributed by atoms with Crippen LogP contribution in [-0.2, 0) is 0 Å². The molecule has 0 aromatic heterocycles. The van der Waals surface area contributed by atoms with Gasteiger partial charge in [0.15, 0.2) is 0 Å². The molecule has 2 aromatic rings. The summed E-state index contributed by atoms with van der Waals surface area (Å²) < 4.78 is 0. The largest absolute Gasteiger partial charge is 0.183 e. The van der Waals surface area contributed by atoms with Crippen molar-refractivity contribution >= 4 is 18.0 Å². The standard InChI is InChI=1S/C16H21NP/c1-3-17-18(4-2,15-11-7-5-8-12-15)16-13-9-6-10-14-16/h5-14,17H,3-4H2,1-2H3/q+1. The maximum atomic E-state index is 3.79. The van der Waals surface area contributed by atoms with Gasteiger partial charge in [-0.3, -0.25) is 0 Å². The molecule has 0 amide bonds. The normalized spacial score (nSPS) is 11.4. The summed E-state index contributed by atoms with van der Waals surface area (Å²) in [6.45, 7) is 5.48. The van der Waals surface area contributed by atoms with Gasteiger partial charge < -0.3 is 0 Å². The minimum absolute atomic E-state index is 1.01. The number of nitrogens with one attached hydrogen (secondary N) is 1. The first-order valence-corrected chi connectivity index (χ1v) is 8.55. The van der Waals surface area contributed by atoms with E-state index in [0.717, 1.165) is 12.7 Å². The van der Waals surface area contributed by atoms with E-state index in [-0.39, 0.29) is 0 Å². The second-order valence-corrected chi connectivity index (χ2v) is 7.91. The molecule has 0 aliphatic heterocycles. The van der Waals surface area contributed by atoms with E-state index in [1.165, 1.54) is 10.6 Å². The van der Waals surface area contributed by atoms with Crippen molar-refractivity contribution in [3.63, 3.8) is 0 Å². The van der Waals surface area contributed by atoms with E-state index >= 15 is 0 Å². The van der Waals surface area contributed by atoms with Crippen LogP contribution in [0.15, 0.2) is 60.7 Å². The van der Waals surface area contributed by atoms with E-state index in [9.17, 15) is 0 Å². The van der Waals surface area contributed by atoms with Crippen molar-refractivity contribution in [1.29, 1.82) is 0 Å². The zero-order valence-corrected chi connectivity index (χ0v) is 12.0. The first kappa shape index (κ1) is 13.3. The summed E-state index contributed by atoms with van der Waals surface area (Å²) in [6.07, 6.45) is 1.15. The third-order valence-corrected chi connectivity index (χ3v) is 7.46. The maximum absolute atomic E-state index is 3.79. The van der Waals surface area contributed by atoms with Gasteiger partial charge in [0.2, 0.25) is 0 Å². The zero-order valence-electron chi connectivity index (χ0n) is 11.1. The first-order chi connectivity index (χ1) is 8.83. The number of hydrogen-bond donors (Lipinski definition) is 1. The van der Waals surface area contributed by atoms with Crippen LogP contribution in [0.25, 0.3) is 0 Å². The predicted molar refractivity (Wildman–Crippen MR) is 83.3 cm³/mol. The lowest BCUT2D eigenvalue weighted by molar-refractivity contribution is 1.01. The summed E-state index contributed by atoms with van der Waals surface area (Å²) in [5, 5.41) is 6.68. The Morgan fingerprint density at radius 1 is 0.778 bits per heavy atom. The van der Waals surface area contributed by atoms with Gasteiger partial charge in [-0.15, -0.1) is 0 Å². The summed E-state index contributed by atoms with van der Waals surface area (Å²) >= 11 is 0. The van der Waals surface area contributed by atoms with Gasteiger partial charge in [-0.25, -0.2) is 0 Å². The number of benzene rings is 2. The van der Waals surface area contributed by atoms with Gasteiger partial charge in [0.25, 0.3) is 0 Å². The minimum Gasteiger partial charge on any atom is -0.183 e. The van der Waals surface area contributed by atoms with Gasteiger partial charge in [-0.1, -0.05) is 36.4 Å². The molecule has 0 heterocycles. The Hall–Kier alpha value is -1.17. The van der Waals surface area contributed by atoms with Crippen molar-refractivity contribution in [3.8, 4) is 0 Å². The maximum Gasteiger partial charge on any atom is 0.145 e. The summed E-state index contributed by atoms with van der Waals surface area (Å²) in [4.78, 5) is 0. The third kappa shape index (κ3) is 2.48. The van der Waals surface area contributed by atoms with Crippen LogP contribution < -0.4 is 15.7 Å². The van der Waals surface area contributed by atoms with Gasteiger partial charge in [0.05, 0.1) is 6.16 Å². The molecule has 0 saturated heterocycles. The first-order valence-electron chi connectivity index (χ1n) is 6.58. The van der Waals surface area contributed by atoms with Crippen molar-refractivity contribution in [3.05, 3.63) is 60.7 Å². The van der Waals surface area contributed by atoms with Crippen LogP contribution in [0.1, 0.15) is 13.8 Å². The van der Waals surface area contributed by atoms with Crippen LogP contribution >= 0.6 is 7.41 Å². The van der Waals surface area contributed by atoms with Crippen molar-refractivity contribution in [2.45, 2.75) is 13.8 Å². The second kappa shape index (κ2) is 6.13. The highest BCUT2D eigenvalue weighted by atomic mass is 31.2. The Labute approximate surface area is 111 Å². The van der Waals surface area contributed by atoms with Crippen LogP contribution in [0, 0.1) is 0 Å². The van der Waals surface area contributed by atoms with E-state index in [4.69, 9.17) is 0 Å². The van der Waals surface area contributed by atoms with Crippen molar-refractivity contribution in [1.82, 2.24) is 5.09 Å². The Balaban J connectivity index is 2.53. The molecule has 0 fully saturated rings. The molecular weight excluding hydrogens is 237 g/mol. The fourth-order valence-corrected chi connectivity index (χ4v) is 5.96. The van der Waals surface area contributed by atoms with Gasteiger partial charge in [0, 0.05) is 6.54 Å². The molecule has 94 valence electrons. The number of rotatable bonds is 5. The summed E-state index contributed by atoms with van der Waals surface area (Å²) in [7, 11) is -1.43. The van der Waals surface area contributed by atoms with Crippen molar-refractivity contribution in [2.24, 2.45) is 0 Å². The fourth-order valence-electron chi connectivity index (χ4n) is 2.44. The Morgan fingerprint density at radius 3 is 1.56 bits per heavy atom. The fraction of sp³-hybridized carbons (Fsp3) is 0.250. The Morgan fingerprint density at radius 2 is 1.22 bits per heavy atom. The molecule has 0 spiro atoms. The highest BCUT2D eigenvalue weighted by Gasteiger charge is 2.40. The average Bonchev–Trinajstić information content (AvgIpc) is 2.47. The summed E-state index contributed by atoms with van der Waals surface area (Å²) in [5.41, 5.74) is 0. The van der Waals surface area contributed by atoms with Crippen LogP contribution in [0.2, 0.25) is 0 Å². The second-order valence-electron chi connectivity index (χ2n) is 4.31. The molecule has 2 aromatic carbocycles. The average molecular weight is 258 g/mol. The topological polar surface area (TPSA) is 12.0 Å². The minimum atomic E-state index is -1.43. The molecule has 0 radical (unpaired) electrons. The lowest BCUT2D eigenvalue weighted by atomic mass is 10.4. The molecule has 1 nitrogen and oxygen atoms in total. The zero-order chi connectivity index (χ0) is 12.8. The third-order valence-electron chi connectivity index (χ3n) is 3.30. The summed E-state index contributed by atoms with van der Waals surface area (Å²) in [5.74, 6) is 0. The molecule has 2 heteroatoms. The van der Waals surface area contributed by atoms with E-state index < -0.39 is 7.41 Å². The molecule has 0 unspecified atom stereocenters. The quantitative estimate of drug-likeness (QED) is 0.812.